The van der Waals surface area contributed by atoms with Gasteiger partial charge in [-0.25, -0.2) is 4.79 Å². The number of aliphatic hydroxyl groups excluding tert-OH is 4. The molecule has 10 heteroatoms. The molecular formula is C35H54O10. The number of hydrogen-bond donors (Lipinski definition) is 5. The van der Waals surface area contributed by atoms with Gasteiger partial charge >= 0.3 is 5.97 Å². The Hall–Kier alpha value is -1.85. The first-order chi connectivity index (χ1) is 21.1. The minimum Gasteiger partial charge on any atom is -0.504 e. The molecule has 5 rings (SSSR count). The molecule has 1 saturated heterocycles. The molecular weight excluding hydrogens is 580 g/mol. The normalized spacial score (nSPS) is 44.6. The van der Waals surface area contributed by atoms with Crippen LogP contribution in [0.25, 0.3) is 0 Å². The van der Waals surface area contributed by atoms with E-state index in [1.165, 1.54) is 0 Å². The van der Waals surface area contributed by atoms with Crippen LogP contribution in [0.1, 0.15) is 99.3 Å². The van der Waals surface area contributed by atoms with Crippen molar-refractivity contribution in [2.45, 2.75) is 136 Å². The highest BCUT2D eigenvalue weighted by molar-refractivity contribution is 6.00. The Morgan fingerprint density at radius 1 is 1.00 bits per heavy atom. The van der Waals surface area contributed by atoms with Gasteiger partial charge in [-0.05, 0) is 91.9 Å². The van der Waals surface area contributed by atoms with Crippen LogP contribution in [0.2, 0.25) is 0 Å². The number of carbonyl (C=O) groups excluding carboxylic acids is 2. The molecule has 2 unspecified atom stereocenters. The van der Waals surface area contributed by atoms with Gasteiger partial charge in [0.05, 0.1) is 6.10 Å². The smallest absolute Gasteiger partial charge is 0.335 e. The quantitative estimate of drug-likeness (QED) is 0.232. The lowest BCUT2D eigenvalue weighted by Gasteiger charge is -2.60. The third kappa shape index (κ3) is 5.70. The van der Waals surface area contributed by atoms with Crippen LogP contribution in [0.5, 0.6) is 0 Å². The number of ether oxygens (including phenoxy) is 2. The molecule has 0 bridgehead atoms. The molecule has 4 aliphatic carbocycles. The Morgan fingerprint density at radius 3 is 2.31 bits per heavy atom. The van der Waals surface area contributed by atoms with Crippen LogP contribution in [0, 0.1) is 52.3 Å². The second kappa shape index (κ2) is 12.6. The van der Waals surface area contributed by atoms with Gasteiger partial charge in [0, 0.05) is 23.7 Å². The fourth-order valence-electron chi connectivity index (χ4n) is 10.7. The molecule has 0 spiro atoms. The van der Waals surface area contributed by atoms with Crippen LogP contribution in [-0.4, -0.2) is 79.9 Å². The standard InChI is InChI=1S/C35H54O10/c1-7-20(16(2)3)23(36)14-17(4)24-26(37)27(38)25-21-9-8-18-15-19(10-12-34(18,5)22(21)11-13-35(24,25)6)44-33-30(41)28(39)29(40)31(45-33)32(42)43/h16-22,25,28-31,33,37,39-41H,7-15H2,1-6H3,(H,42,43)/t17-,18+,19+,20-,21-,22+,25+,28?,29+,30+,31?,33-,34+,35-/m1/s1. The Morgan fingerprint density at radius 2 is 1.69 bits per heavy atom. The summed E-state index contributed by atoms with van der Waals surface area (Å²) in [7, 11) is 0. The summed E-state index contributed by atoms with van der Waals surface area (Å²) < 4.78 is 11.5. The molecule has 4 fully saturated rings. The summed E-state index contributed by atoms with van der Waals surface area (Å²) in [6.07, 6.45) is -1.70. The molecule has 0 aromatic rings. The van der Waals surface area contributed by atoms with E-state index >= 15 is 0 Å². The predicted octanol–water partition coefficient (Wildman–Crippen LogP) is 4.19. The van der Waals surface area contributed by atoms with Crippen molar-refractivity contribution in [3.8, 4) is 0 Å². The van der Waals surface area contributed by atoms with E-state index in [4.69, 9.17) is 9.47 Å². The molecule has 0 aromatic heterocycles. The SMILES string of the molecule is CC[C@@H](C(=O)C[C@@H](C)C1=C(O)C(=O)[C@@H]2[C@@H]3CC[C@H]4C[C@@H](O[C@@H]5OC(C(=O)O)[C@@H](O)C(O)[C@@H]5O)CC[C@]4(C)[C@H]3CC[C@]12C)C(C)C. The van der Waals surface area contributed by atoms with E-state index in [-0.39, 0.29) is 64.4 Å². The maximum absolute atomic E-state index is 13.9. The lowest BCUT2D eigenvalue weighted by atomic mass is 9.44. The molecule has 45 heavy (non-hydrogen) atoms. The Bertz CT molecular complexity index is 1200. The van der Waals surface area contributed by atoms with Gasteiger partial charge in [-0.15, -0.1) is 0 Å². The van der Waals surface area contributed by atoms with Gasteiger partial charge in [0.15, 0.2) is 18.2 Å². The van der Waals surface area contributed by atoms with Crippen molar-refractivity contribution in [1.29, 1.82) is 0 Å². The molecule has 14 atom stereocenters. The number of Topliss-reactive ketones (excluding diaryl/α,β-unsaturated/α-hetero) is 2. The summed E-state index contributed by atoms with van der Waals surface area (Å²) in [4.78, 5) is 38.6. The number of allylic oxidation sites excluding steroid dienone is 2. The molecule has 5 aliphatic rings. The third-order valence-electron chi connectivity index (χ3n) is 13.0. The molecule has 1 aliphatic heterocycles. The van der Waals surface area contributed by atoms with Crippen molar-refractivity contribution in [2.75, 3.05) is 0 Å². The highest BCUT2D eigenvalue weighted by Gasteiger charge is 2.63. The van der Waals surface area contributed by atoms with E-state index in [0.29, 0.717) is 25.2 Å². The Balaban J connectivity index is 1.28. The number of aliphatic hydroxyl groups is 4. The van der Waals surface area contributed by atoms with Crippen LogP contribution in [0.4, 0.5) is 0 Å². The highest BCUT2D eigenvalue weighted by atomic mass is 16.7. The van der Waals surface area contributed by atoms with Gasteiger partial charge in [-0.3, -0.25) is 9.59 Å². The van der Waals surface area contributed by atoms with Crippen LogP contribution in [-0.2, 0) is 23.9 Å². The zero-order valence-corrected chi connectivity index (χ0v) is 27.6. The van der Waals surface area contributed by atoms with E-state index in [9.17, 15) is 39.9 Å². The lowest BCUT2D eigenvalue weighted by molar-refractivity contribution is -0.309. The second-order valence-corrected chi connectivity index (χ2v) is 15.7. The third-order valence-corrected chi connectivity index (χ3v) is 13.0. The number of rotatable bonds is 9. The van der Waals surface area contributed by atoms with E-state index in [0.717, 1.165) is 44.1 Å². The second-order valence-electron chi connectivity index (χ2n) is 15.7. The van der Waals surface area contributed by atoms with E-state index < -0.39 is 42.1 Å². The molecule has 3 saturated carbocycles. The summed E-state index contributed by atoms with van der Waals surface area (Å²) >= 11 is 0. The van der Waals surface area contributed by atoms with Crippen molar-refractivity contribution in [2.24, 2.45) is 52.3 Å². The minimum absolute atomic E-state index is 0.0239. The van der Waals surface area contributed by atoms with Gasteiger partial charge in [0.1, 0.15) is 24.1 Å². The monoisotopic (exact) mass is 634 g/mol. The van der Waals surface area contributed by atoms with Crippen molar-refractivity contribution in [1.82, 2.24) is 0 Å². The molecule has 0 aromatic carbocycles. The zero-order valence-electron chi connectivity index (χ0n) is 27.6. The van der Waals surface area contributed by atoms with E-state index in [1.54, 1.807) is 0 Å². The number of carboxylic acid groups (broad SMARTS) is 1. The van der Waals surface area contributed by atoms with E-state index in [2.05, 4.69) is 27.7 Å². The number of carboxylic acids is 1. The van der Waals surface area contributed by atoms with Crippen molar-refractivity contribution >= 4 is 17.5 Å². The van der Waals surface area contributed by atoms with Crippen LogP contribution >= 0.6 is 0 Å². The van der Waals surface area contributed by atoms with Crippen LogP contribution in [0.15, 0.2) is 11.3 Å². The van der Waals surface area contributed by atoms with Gasteiger partial charge in [0.25, 0.3) is 0 Å². The number of ketones is 2. The van der Waals surface area contributed by atoms with Crippen LogP contribution < -0.4 is 0 Å². The topological polar surface area (TPSA) is 171 Å². The van der Waals surface area contributed by atoms with Crippen molar-refractivity contribution < 1.29 is 49.4 Å². The van der Waals surface area contributed by atoms with Gasteiger partial charge in [-0.2, -0.15) is 0 Å². The first-order valence-corrected chi connectivity index (χ1v) is 17.1. The average Bonchev–Trinajstić information content (AvgIpc) is 3.17. The minimum atomic E-state index is -1.76. The van der Waals surface area contributed by atoms with Crippen molar-refractivity contribution in [3.63, 3.8) is 0 Å². The first kappa shape index (κ1) is 34.5. The number of fused-ring (bicyclic) bond motifs is 5. The maximum atomic E-state index is 13.9. The summed E-state index contributed by atoms with van der Waals surface area (Å²) in [6, 6.07) is 0. The Labute approximate surface area is 266 Å². The lowest BCUT2D eigenvalue weighted by Crippen LogP contribution is -2.61. The number of carbonyl (C=O) groups is 3. The molecule has 0 amide bonds. The van der Waals surface area contributed by atoms with Gasteiger partial charge in [-0.1, -0.05) is 41.5 Å². The fourth-order valence-corrected chi connectivity index (χ4v) is 10.7. The summed E-state index contributed by atoms with van der Waals surface area (Å²) in [5.41, 5.74) is 0.262. The van der Waals surface area contributed by atoms with Crippen molar-refractivity contribution in [3.05, 3.63) is 11.3 Å². The Kier molecular flexibility index (Phi) is 9.68. The van der Waals surface area contributed by atoms with E-state index in [1.807, 2.05) is 13.8 Å². The number of aliphatic carboxylic acids is 1. The molecule has 1 heterocycles. The largest absolute Gasteiger partial charge is 0.504 e. The predicted molar refractivity (Wildman–Crippen MR) is 164 cm³/mol. The molecule has 5 N–H and O–H groups in total. The summed E-state index contributed by atoms with van der Waals surface area (Å²) in [6.45, 7) is 12.6. The molecule has 10 nitrogen and oxygen atoms in total. The fraction of sp³-hybridized carbons (Fsp3) is 0.857. The van der Waals surface area contributed by atoms with Gasteiger partial charge in [0.2, 0.25) is 5.78 Å². The average molecular weight is 635 g/mol. The van der Waals surface area contributed by atoms with Crippen LogP contribution in [0.3, 0.4) is 0 Å². The first-order valence-electron chi connectivity index (χ1n) is 17.1. The molecule has 0 radical (unpaired) electrons. The van der Waals surface area contributed by atoms with Gasteiger partial charge < -0.3 is 35.0 Å². The molecule has 254 valence electrons. The highest BCUT2D eigenvalue weighted by Crippen LogP contribution is 2.67. The maximum Gasteiger partial charge on any atom is 0.335 e. The summed E-state index contributed by atoms with van der Waals surface area (Å²) in [5, 5.41) is 51.5. The number of hydrogen-bond acceptors (Lipinski definition) is 9. The zero-order chi connectivity index (χ0) is 33.2. The summed E-state index contributed by atoms with van der Waals surface area (Å²) in [5.74, 6) is -1.06.